The maximum atomic E-state index is 13.0. The summed E-state index contributed by atoms with van der Waals surface area (Å²) in [6, 6.07) is 7.11. The van der Waals surface area contributed by atoms with Crippen LogP contribution in [0.1, 0.15) is 37.7 Å². The van der Waals surface area contributed by atoms with Crippen LogP contribution < -0.4 is 5.32 Å². The maximum absolute atomic E-state index is 13.0. The van der Waals surface area contributed by atoms with Crippen molar-refractivity contribution in [1.29, 1.82) is 0 Å². The van der Waals surface area contributed by atoms with Crippen molar-refractivity contribution in [3.63, 3.8) is 0 Å². The van der Waals surface area contributed by atoms with Gasteiger partial charge in [-0.25, -0.2) is 0 Å². The first-order valence-corrected chi connectivity index (χ1v) is 12.2. The fraction of sp³-hybridized carbons (Fsp3) is 0.640. The number of hydrogen-bond acceptors (Lipinski definition) is 7. The van der Waals surface area contributed by atoms with Gasteiger partial charge in [0.25, 0.3) is 0 Å². The summed E-state index contributed by atoms with van der Waals surface area (Å²) in [6.45, 7) is 3.20. The van der Waals surface area contributed by atoms with Gasteiger partial charge in [0.1, 0.15) is 11.8 Å². The van der Waals surface area contributed by atoms with E-state index in [9.17, 15) is 19.5 Å². The second-order valence-corrected chi connectivity index (χ2v) is 9.72. The van der Waals surface area contributed by atoms with E-state index in [0.29, 0.717) is 51.9 Å². The van der Waals surface area contributed by atoms with Gasteiger partial charge in [-0.05, 0) is 50.4 Å². The van der Waals surface area contributed by atoms with Gasteiger partial charge in [-0.1, -0.05) is 12.1 Å². The first-order chi connectivity index (χ1) is 16.4. The molecule has 1 aromatic rings. The lowest BCUT2D eigenvalue weighted by Gasteiger charge is -2.34. The second kappa shape index (κ2) is 10.7. The van der Waals surface area contributed by atoms with Gasteiger partial charge in [-0.3, -0.25) is 24.2 Å². The zero-order chi connectivity index (χ0) is 24.2. The third-order valence-corrected chi connectivity index (χ3v) is 7.75. The molecule has 3 fully saturated rings. The van der Waals surface area contributed by atoms with E-state index in [-0.39, 0.29) is 47.6 Å². The van der Waals surface area contributed by atoms with Crippen molar-refractivity contribution in [3.8, 4) is 5.75 Å². The van der Waals surface area contributed by atoms with Crippen LogP contribution in [0.15, 0.2) is 24.3 Å². The van der Waals surface area contributed by atoms with E-state index in [1.807, 2.05) is 17.0 Å². The predicted octanol–water partition coefficient (Wildman–Crippen LogP) is 0.957. The number of fused-ring (bicyclic) bond motifs is 1. The average Bonchev–Trinajstić information content (AvgIpc) is 3.23. The molecule has 4 rings (SSSR count). The summed E-state index contributed by atoms with van der Waals surface area (Å²) in [5, 5.41) is 12.6. The topological polar surface area (TPSA) is 102 Å². The lowest BCUT2D eigenvalue weighted by molar-refractivity contribution is -0.149. The summed E-state index contributed by atoms with van der Waals surface area (Å²) in [6.07, 6.45) is 3.32. The Morgan fingerprint density at radius 3 is 2.50 bits per heavy atom. The van der Waals surface area contributed by atoms with Crippen molar-refractivity contribution in [1.82, 2.24) is 20.0 Å². The smallest absolute Gasteiger partial charge is 0.308 e. The highest BCUT2D eigenvalue weighted by atomic mass is 16.5. The summed E-state index contributed by atoms with van der Waals surface area (Å²) in [7, 11) is 3.47. The van der Waals surface area contributed by atoms with Gasteiger partial charge in [-0.2, -0.15) is 0 Å². The number of likely N-dealkylation sites (tertiary alicyclic amines) is 2. The molecule has 3 atom stereocenters. The van der Waals surface area contributed by atoms with E-state index in [2.05, 4.69) is 22.2 Å². The molecular formula is C25H36N4O5. The van der Waals surface area contributed by atoms with Crippen molar-refractivity contribution in [2.24, 2.45) is 5.92 Å². The van der Waals surface area contributed by atoms with E-state index in [1.165, 1.54) is 7.11 Å². The third kappa shape index (κ3) is 5.36. The molecule has 0 aliphatic carbocycles. The minimum atomic E-state index is -0.225. The molecule has 0 unspecified atom stereocenters. The number of ether oxygens (including phenoxy) is 1. The SMILES string of the molecule is COC(=O)C1CCN(C(=O)CC[C@H]2CNC(=O)[C@@H]3[C@@H](CCN3Cc3ccc(O)cc3)N2C)CC1. The van der Waals surface area contributed by atoms with Gasteiger partial charge in [0.05, 0.1) is 13.0 Å². The standard InChI is InChI=1S/C25H36N4O5/c1-27-19(5-8-22(31)28-12-9-18(10-13-28)25(33)34-2)15-26-24(32)23-21(27)11-14-29(23)16-17-3-6-20(30)7-4-17/h3-4,6-7,18-19,21,23,30H,5,8-16H2,1-2H3,(H,26,32)/t19-,21+,23-/m0/s1. The Hall–Kier alpha value is -2.65. The number of esters is 1. The highest BCUT2D eigenvalue weighted by molar-refractivity contribution is 5.83. The second-order valence-electron chi connectivity index (χ2n) is 9.72. The monoisotopic (exact) mass is 472 g/mol. The Bertz CT molecular complexity index is 884. The van der Waals surface area contributed by atoms with Gasteiger partial charge >= 0.3 is 5.97 Å². The van der Waals surface area contributed by atoms with Gasteiger partial charge in [0, 0.05) is 51.2 Å². The van der Waals surface area contributed by atoms with Gasteiger partial charge in [-0.15, -0.1) is 0 Å². The molecule has 0 bridgehead atoms. The summed E-state index contributed by atoms with van der Waals surface area (Å²) in [4.78, 5) is 43.9. The van der Waals surface area contributed by atoms with Crippen LogP contribution in [0.25, 0.3) is 0 Å². The molecule has 0 spiro atoms. The average molecular weight is 473 g/mol. The molecule has 0 aromatic heterocycles. The van der Waals surface area contributed by atoms with E-state index < -0.39 is 0 Å². The summed E-state index contributed by atoms with van der Waals surface area (Å²) in [5.41, 5.74) is 1.07. The number of carbonyl (C=O) groups excluding carboxylic acids is 3. The third-order valence-electron chi connectivity index (χ3n) is 7.75. The highest BCUT2D eigenvalue weighted by Crippen LogP contribution is 2.29. The predicted molar refractivity (Wildman–Crippen MR) is 126 cm³/mol. The molecule has 2 N–H and O–H groups in total. The molecule has 1 aromatic carbocycles. The highest BCUT2D eigenvalue weighted by Gasteiger charge is 2.45. The number of rotatable bonds is 6. The lowest BCUT2D eigenvalue weighted by Crippen LogP contribution is -2.49. The van der Waals surface area contributed by atoms with Crippen molar-refractivity contribution in [3.05, 3.63) is 29.8 Å². The number of phenolic OH excluding ortho intramolecular Hbond substituents is 1. The van der Waals surface area contributed by atoms with Gasteiger partial charge < -0.3 is 20.1 Å². The van der Waals surface area contributed by atoms with Crippen LogP contribution in [0.2, 0.25) is 0 Å². The number of nitrogens with one attached hydrogen (secondary N) is 1. The number of methoxy groups -OCH3 is 1. The molecule has 186 valence electrons. The van der Waals surface area contributed by atoms with E-state index in [0.717, 1.165) is 18.5 Å². The molecule has 0 saturated carbocycles. The van der Waals surface area contributed by atoms with Crippen LogP contribution in [0.3, 0.4) is 0 Å². The number of hydrogen-bond donors (Lipinski definition) is 2. The zero-order valence-corrected chi connectivity index (χ0v) is 20.1. The number of phenols is 1. The van der Waals surface area contributed by atoms with Crippen LogP contribution in [-0.4, -0.2) is 96.1 Å². The number of nitrogens with zero attached hydrogens (tertiary/aromatic N) is 3. The molecule has 3 saturated heterocycles. The number of amides is 2. The van der Waals surface area contributed by atoms with Gasteiger partial charge in [0.2, 0.25) is 11.8 Å². The van der Waals surface area contributed by atoms with Crippen LogP contribution >= 0.6 is 0 Å². The van der Waals surface area contributed by atoms with Crippen LogP contribution in [0, 0.1) is 5.92 Å². The number of aromatic hydroxyl groups is 1. The molecule has 3 heterocycles. The largest absolute Gasteiger partial charge is 0.508 e. The summed E-state index contributed by atoms with van der Waals surface area (Å²) in [5.74, 6) is 0.103. The quantitative estimate of drug-likeness (QED) is 0.595. The molecule has 0 radical (unpaired) electrons. The minimum Gasteiger partial charge on any atom is -0.508 e. The first-order valence-electron chi connectivity index (χ1n) is 12.2. The molecule has 3 aliphatic heterocycles. The summed E-state index contributed by atoms with van der Waals surface area (Å²) >= 11 is 0. The number of likely N-dealkylation sites (N-methyl/N-ethyl adjacent to an activating group) is 1. The summed E-state index contributed by atoms with van der Waals surface area (Å²) < 4.78 is 4.83. The molecule has 2 amide bonds. The van der Waals surface area contributed by atoms with Gasteiger partial charge in [0.15, 0.2) is 0 Å². The first kappa shape index (κ1) is 24.5. The Morgan fingerprint density at radius 1 is 1.12 bits per heavy atom. The molecule has 9 heteroatoms. The number of piperidine rings is 1. The number of benzene rings is 1. The van der Waals surface area contributed by atoms with Crippen molar-refractivity contribution in [2.75, 3.05) is 40.3 Å². The normalized spacial score (nSPS) is 26.6. The Kier molecular flexibility index (Phi) is 7.73. The Balaban J connectivity index is 1.31. The van der Waals surface area contributed by atoms with E-state index >= 15 is 0 Å². The molecule has 9 nitrogen and oxygen atoms in total. The zero-order valence-electron chi connectivity index (χ0n) is 20.1. The minimum absolute atomic E-state index is 0.0480. The Labute approximate surface area is 201 Å². The van der Waals surface area contributed by atoms with E-state index in [1.54, 1.807) is 12.1 Å². The maximum Gasteiger partial charge on any atom is 0.308 e. The van der Waals surface area contributed by atoms with Crippen LogP contribution in [0.5, 0.6) is 5.75 Å². The van der Waals surface area contributed by atoms with E-state index in [4.69, 9.17) is 4.74 Å². The fourth-order valence-electron chi connectivity index (χ4n) is 5.64. The van der Waals surface area contributed by atoms with Crippen molar-refractivity contribution in [2.45, 2.75) is 56.8 Å². The Morgan fingerprint density at radius 2 is 1.82 bits per heavy atom. The van der Waals surface area contributed by atoms with Crippen LogP contribution in [-0.2, 0) is 25.7 Å². The van der Waals surface area contributed by atoms with Crippen LogP contribution in [0.4, 0.5) is 0 Å². The molecule has 3 aliphatic rings. The van der Waals surface area contributed by atoms with Crippen molar-refractivity contribution >= 4 is 17.8 Å². The fourth-order valence-corrected chi connectivity index (χ4v) is 5.64. The molecule has 34 heavy (non-hydrogen) atoms. The van der Waals surface area contributed by atoms with Crippen molar-refractivity contribution < 1.29 is 24.2 Å². The lowest BCUT2D eigenvalue weighted by atomic mass is 9.96. The number of carbonyl (C=O) groups is 3. The molecular weight excluding hydrogens is 436 g/mol.